The van der Waals surface area contributed by atoms with Crippen LogP contribution in [0.2, 0.25) is 0 Å². The fourth-order valence-corrected chi connectivity index (χ4v) is 7.13. The molecule has 0 N–H and O–H groups in total. The van der Waals surface area contributed by atoms with Gasteiger partial charge in [-0.05, 0) is 56.1 Å². The van der Waals surface area contributed by atoms with Crippen molar-refractivity contribution >= 4 is 54.3 Å². The summed E-state index contributed by atoms with van der Waals surface area (Å²) in [7, 11) is 0. The maximum absolute atomic E-state index is 6.74. The van der Waals surface area contributed by atoms with E-state index < -0.39 is 0 Å². The molecule has 2 aromatic heterocycles. The minimum Gasteiger partial charge on any atom is -0.455 e. The number of hydrogen-bond donors (Lipinski definition) is 0. The standard InChI is InChI=1S/C43H25N3O/c1-3-12-27(13-4-1)41-44-42(28-14-5-2-6-15-28)46-43(45-41)30-17-9-16-29(25-30)32-23-24-35-37-31-18-8-7-11-26(31)21-22-34(37)33-19-10-20-36-38(33)39(35)40(32)47-36/h1-25H. The van der Waals surface area contributed by atoms with E-state index in [9.17, 15) is 0 Å². The summed E-state index contributed by atoms with van der Waals surface area (Å²) in [5.41, 5.74) is 6.68. The maximum Gasteiger partial charge on any atom is 0.164 e. The second-order valence-electron chi connectivity index (χ2n) is 12.0. The zero-order chi connectivity index (χ0) is 30.9. The van der Waals surface area contributed by atoms with Crippen molar-refractivity contribution in [2.24, 2.45) is 0 Å². The van der Waals surface area contributed by atoms with E-state index in [1.54, 1.807) is 0 Å². The van der Waals surface area contributed by atoms with Gasteiger partial charge in [0.05, 0.1) is 0 Å². The Hall–Kier alpha value is -6.39. The van der Waals surface area contributed by atoms with Crippen molar-refractivity contribution in [1.29, 1.82) is 0 Å². The molecule has 4 heteroatoms. The lowest BCUT2D eigenvalue weighted by Gasteiger charge is -2.13. The van der Waals surface area contributed by atoms with Crippen molar-refractivity contribution in [2.75, 3.05) is 0 Å². The van der Waals surface area contributed by atoms with E-state index >= 15 is 0 Å². The molecule has 0 atom stereocenters. The first-order valence-corrected chi connectivity index (χ1v) is 15.8. The van der Waals surface area contributed by atoms with Gasteiger partial charge in [-0.1, -0.05) is 133 Å². The molecule has 0 aliphatic rings. The number of benzene rings is 8. The number of furan rings is 1. The highest BCUT2D eigenvalue weighted by Gasteiger charge is 2.21. The Morgan fingerprint density at radius 2 is 0.936 bits per heavy atom. The quantitative estimate of drug-likeness (QED) is 0.189. The number of nitrogens with zero attached hydrogens (tertiary/aromatic N) is 3. The first-order valence-electron chi connectivity index (χ1n) is 15.8. The number of aromatic nitrogens is 3. The molecule has 47 heavy (non-hydrogen) atoms. The summed E-state index contributed by atoms with van der Waals surface area (Å²) in [4.78, 5) is 14.8. The van der Waals surface area contributed by atoms with E-state index in [1.165, 1.54) is 43.1 Å². The molecule has 0 fully saturated rings. The molecule has 8 aromatic carbocycles. The SMILES string of the molecule is c1ccc(-c2nc(-c3ccccc3)nc(-c3cccc(-c4ccc5c6c7ccccc7ccc6c6cccc7oc4c5c76)c3)n2)cc1. The molecule has 0 aliphatic heterocycles. The fourth-order valence-electron chi connectivity index (χ4n) is 7.13. The first-order chi connectivity index (χ1) is 23.3. The number of hydrogen-bond acceptors (Lipinski definition) is 4. The monoisotopic (exact) mass is 599 g/mol. The Morgan fingerprint density at radius 3 is 1.70 bits per heavy atom. The molecular weight excluding hydrogens is 574 g/mol. The van der Waals surface area contributed by atoms with E-state index in [4.69, 9.17) is 19.4 Å². The van der Waals surface area contributed by atoms with Crippen molar-refractivity contribution in [3.63, 3.8) is 0 Å². The summed E-state index contributed by atoms with van der Waals surface area (Å²) < 4.78 is 6.74. The molecule has 10 aromatic rings. The van der Waals surface area contributed by atoms with Gasteiger partial charge in [0.15, 0.2) is 17.5 Å². The zero-order valence-electron chi connectivity index (χ0n) is 25.2. The van der Waals surface area contributed by atoms with Crippen LogP contribution in [0.25, 0.3) is 99.5 Å². The Labute approximate surface area is 270 Å². The van der Waals surface area contributed by atoms with E-state index in [2.05, 4.69) is 91.0 Å². The zero-order valence-corrected chi connectivity index (χ0v) is 25.2. The molecule has 0 aliphatic carbocycles. The van der Waals surface area contributed by atoms with Crippen LogP contribution in [0.15, 0.2) is 156 Å². The predicted molar refractivity (Wildman–Crippen MR) is 193 cm³/mol. The lowest BCUT2D eigenvalue weighted by atomic mass is 9.89. The van der Waals surface area contributed by atoms with Gasteiger partial charge in [0.2, 0.25) is 0 Å². The molecule has 218 valence electrons. The largest absolute Gasteiger partial charge is 0.455 e. The van der Waals surface area contributed by atoms with Crippen molar-refractivity contribution in [1.82, 2.24) is 15.0 Å². The molecule has 0 amide bonds. The highest BCUT2D eigenvalue weighted by atomic mass is 16.3. The van der Waals surface area contributed by atoms with Crippen molar-refractivity contribution in [2.45, 2.75) is 0 Å². The predicted octanol–water partition coefficient (Wildman–Crippen LogP) is 11.3. The molecule has 2 heterocycles. The normalized spacial score (nSPS) is 11.8. The highest BCUT2D eigenvalue weighted by Crippen LogP contribution is 2.47. The van der Waals surface area contributed by atoms with Crippen LogP contribution in [0.1, 0.15) is 0 Å². The van der Waals surface area contributed by atoms with Crippen LogP contribution >= 0.6 is 0 Å². The van der Waals surface area contributed by atoms with Gasteiger partial charge in [-0.3, -0.25) is 0 Å². The summed E-state index contributed by atoms with van der Waals surface area (Å²) in [5.74, 6) is 1.91. The van der Waals surface area contributed by atoms with Crippen molar-refractivity contribution in [3.05, 3.63) is 152 Å². The van der Waals surface area contributed by atoms with Gasteiger partial charge in [0.25, 0.3) is 0 Å². The third-order valence-corrected chi connectivity index (χ3v) is 9.27. The second-order valence-corrected chi connectivity index (χ2v) is 12.0. The molecule has 10 rings (SSSR count). The summed E-state index contributed by atoms with van der Waals surface area (Å²) in [5, 5.41) is 9.77. The van der Waals surface area contributed by atoms with Crippen LogP contribution in [0.3, 0.4) is 0 Å². The van der Waals surface area contributed by atoms with Gasteiger partial charge in [-0.25, -0.2) is 15.0 Å². The van der Waals surface area contributed by atoms with Crippen LogP contribution in [0.5, 0.6) is 0 Å². The lowest BCUT2D eigenvalue weighted by Crippen LogP contribution is -2.00. The minimum atomic E-state index is 0.626. The lowest BCUT2D eigenvalue weighted by molar-refractivity contribution is 0.670. The summed E-state index contributed by atoms with van der Waals surface area (Å²) >= 11 is 0. The minimum absolute atomic E-state index is 0.626. The highest BCUT2D eigenvalue weighted by molar-refractivity contribution is 6.37. The topological polar surface area (TPSA) is 51.8 Å². The van der Waals surface area contributed by atoms with E-state index in [1.807, 2.05) is 60.7 Å². The Bertz CT molecular complexity index is 2730. The van der Waals surface area contributed by atoms with Crippen LogP contribution in [-0.4, -0.2) is 15.0 Å². The van der Waals surface area contributed by atoms with Crippen molar-refractivity contribution in [3.8, 4) is 45.3 Å². The van der Waals surface area contributed by atoms with Gasteiger partial charge < -0.3 is 4.42 Å². The molecule has 0 unspecified atom stereocenters. The molecule has 0 bridgehead atoms. The first kappa shape index (κ1) is 25.9. The number of fused-ring (bicyclic) bond motifs is 5. The van der Waals surface area contributed by atoms with E-state index in [-0.39, 0.29) is 0 Å². The van der Waals surface area contributed by atoms with Crippen LogP contribution in [0, 0.1) is 0 Å². The van der Waals surface area contributed by atoms with Crippen LogP contribution < -0.4 is 0 Å². The Balaban J connectivity index is 1.20. The smallest absolute Gasteiger partial charge is 0.164 e. The average Bonchev–Trinajstić information content (AvgIpc) is 3.55. The molecule has 0 saturated heterocycles. The third-order valence-electron chi connectivity index (χ3n) is 9.27. The van der Waals surface area contributed by atoms with Gasteiger partial charge in [-0.15, -0.1) is 0 Å². The molecule has 4 nitrogen and oxygen atoms in total. The summed E-state index contributed by atoms with van der Waals surface area (Å²) in [6.07, 6.45) is 0. The van der Waals surface area contributed by atoms with Gasteiger partial charge in [-0.2, -0.15) is 0 Å². The van der Waals surface area contributed by atoms with E-state index in [0.717, 1.165) is 39.0 Å². The summed E-state index contributed by atoms with van der Waals surface area (Å²) in [6.45, 7) is 0. The van der Waals surface area contributed by atoms with Gasteiger partial charge in [0.1, 0.15) is 11.2 Å². The average molecular weight is 600 g/mol. The second kappa shape index (κ2) is 10.1. The van der Waals surface area contributed by atoms with Crippen LogP contribution in [0.4, 0.5) is 0 Å². The van der Waals surface area contributed by atoms with Crippen LogP contribution in [-0.2, 0) is 0 Å². The van der Waals surface area contributed by atoms with Gasteiger partial charge in [0, 0.05) is 33.0 Å². The molecular formula is C43H25N3O. The third kappa shape index (κ3) is 3.98. The van der Waals surface area contributed by atoms with E-state index in [0.29, 0.717) is 17.5 Å². The molecule has 0 saturated carbocycles. The summed E-state index contributed by atoms with van der Waals surface area (Å²) in [6, 6.07) is 52.6. The van der Waals surface area contributed by atoms with Crippen molar-refractivity contribution < 1.29 is 4.42 Å². The molecule has 0 spiro atoms. The Kier molecular flexibility index (Phi) is 5.54. The fraction of sp³-hybridized carbons (Fsp3) is 0. The number of rotatable bonds is 4. The van der Waals surface area contributed by atoms with Gasteiger partial charge >= 0.3 is 0 Å². The Morgan fingerprint density at radius 1 is 0.362 bits per heavy atom. The maximum atomic E-state index is 6.74. The molecule has 0 radical (unpaired) electrons.